The van der Waals surface area contributed by atoms with Crippen molar-refractivity contribution < 1.29 is 22.5 Å². The van der Waals surface area contributed by atoms with Gasteiger partial charge in [0.15, 0.2) is 11.2 Å². The first kappa shape index (κ1) is 27.9. The number of pyridine rings is 1. The van der Waals surface area contributed by atoms with E-state index in [0.29, 0.717) is 22.7 Å². The number of aryl methyl sites for hydroxylation is 3. The Bertz CT molecular complexity index is 1800. The maximum Gasteiger partial charge on any atom is 0.433 e. The molecule has 0 spiro atoms. The highest BCUT2D eigenvalue weighted by Crippen LogP contribution is 2.31. The molecule has 0 saturated carbocycles. The summed E-state index contributed by atoms with van der Waals surface area (Å²) in [6, 6.07) is 3.04. The van der Waals surface area contributed by atoms with Crippen molar-refractivity contribution in [2.45, 2.75) is 33.1 Å². The van der Waals surface area contributed by atoms with E-state index in [-0.39, 0.29) is 29.8 Å². The molecule has 5 heterocycles. The van der Waals surface area contributed by atoms with Gasteiger partial charge in [-0.2, -0.15) is 13.2 Å². The lowest BCUT2D eigenvalue weighted by Crippen LogP contribution is -2.40. The lowest BCUT2D eigenvalue weighted by molar-refractivity contribution is -0.141. The number of hydrogen-bond acceptors (Lipinski definition) is 9. The minimum atomic E-state index is -4.43. The van der Waals surface area contributed by atoms with Crippen molar-refractivity contribution in [3.63, 3.8) is 0 Å². The Balaban J connectivity index is 0.000000194. The van der Waals surface area contributed by atoms with Gasteiger partial charge in [0.05, 0.1) is 24.8 Å². The number of hydrogen-bond donors (Lipinski definition) is 1. The smallest absolute Gasteiger partial charge is 0.368 e. The monoisotopic (exact) mass is 557 g/mol. The van der Waals surface area contributed by atoms with Gasteiger partial charge < -0.3 is 14.8 Å². The zero-order chi connectivity index (χ0) is 29.2. The van der Waals surface area contributed by atoms with Crippen LogP contribution in [0.4, 0.5) is 13.2 Å². The van der Waals surface area contributed by atoms with Crippen LogP contribution in [-0.2, 0) is 31.1 Å². The van der Waals surface area contributed by atoms with Crippen molar-refractivity contribution in [1.82, 2.24) is 38.8 Å². The molecule has 0 aromatic carbocycles. The van der Waals surface area contributed by atoms with E-state index in [1.54, 1.807) is 13.0 Å². The number of carbonyl (C=O) groups is 1. The number of nitrogens with two attached hydrogens (primary N) is 1. The van der Waals surface area contributed by atoms with Crippen LogP contribution in [0.15, 0.2) is 57.4 Å². The lowest BCUT2D eigenvalue weighted by atomic mass is 10.1. The molecule has 40 heavy (non-hydrogen) atoms. The van der Waals surface area contributed by atoms with Crippen LogP contribution in [0.5, 0.6) is 0 Å². The molecule has 16 heteroatoms. The SMILES string of the molecule is Cc1cc(-c2cnccn2)cnc1C(F)(F)F.Cc1cc(Cn2c(=O)c3c(ncn3CC(N)=O)n(C)c2=O)no1. The minimum absolute atomic E-state index is 0.0411. The summed E-state index contributed by atoms with van der Waals surface area (Å²) >= 11 is 0. The Morgan fingerprint density at radius 3 is 2.40 bits per heavy atom. The molecule has 13 nitrogen and oxygen atoms in total. The van der Waals surface area contributed by atoms with Gasteiger partial charge in [0.1, 0.15) is 23.7 Å². The number of halogens is 3. The molecular weight excluding hydrogens is 535 g/mol. The Morgan fingerprint density at radius 2 is 1.82 bits per heavy atom. The number of alkyl halides is 3. The second kappa shape index (κ2) is 10.9. The van der Waals surface area contributed by atoms with Crippen LogP contribution in [0.1, 0.15) is 22.7 Å². The van der Waals surface area contributed by atoms with Crippen molar-refractivity contribution >= 4 is 17.1 Å². The third kappa shape index (κ3) is 5.79. The lowest BCUT2D eigenvalue weighted by Gasteiger charge is -2.09. The summed E-state index contributed by atoms with van der Waals surface area (Å²) in [4.78, 5) is 51.4. The highest BCUT2D eigenvalue weighted by atomic mass is 19.4. The van der Waals surface area contributed by atoms with Gasteiger partial charge in [-0.05, 0) is 25.5 Å². The zero-order valence-corrected chi connectivity index (χ0v) is 21.4. The Kier molecular flexibility index (Phi) is 7.61. The predicted molar refractivity (Wildman–Crippen MR) is 134 cm³/mol. The van der Waals surface area contributed by atoms with Crippen LogP contribution < -0.4 is 17.0 Å². The molecule has 208 valence electrons. The third-order valence-electron chi connectivity index (χ3n) is 5.63. The van der Waals surface area contributed by atoms with Gasteiger partial charge >= 0.3 is 11.9 Å². The number of fused-ring (bicyclic) bond motifs is 1. The normalized spacial score (nSPS) is 11.3. The summed E-state index contributed by atoms with van der Waals surface area (Å²) in [7, 11) is 1.50. The molecule has 0 aliphatic rings. The van der Waals surface area contributed by atoms with Crippen LogP contribution in [-0.4, -0.2) is 44.7 Å². The fourth-order valence-corrected chi connectivity index (χ4v) is 3.86. The molecule has 0 aliphatic carbocycles. The molecule has 0 radical (unpaired) electrons. The number of nitrogens with zero attached hydrogens (tertiary/aromatic N) is 8. The fraction of sp³-hybridized carbons (Fsp3) is 0.250. The number of aromatic nitrogens is 8. The molecule has 2 N–H and O–H groups in total. The number of carbonyl (C=O) groups excluding carboxylic acids is 1. The maximum absolute atomic E-state index is 12.7. The number of amides is 1. The topological polar surface area (TPSA) is 170 Å². The summed E-state index contributed by atoms with van der Waals surface area (Å²) in [5.41, 5.74) is 5.05. The fourth-order valence-electron chi connectivity index (χ4n) is 3.86. The van der Waals surface area contributed by atoms with E-state index in [1.165, 1.54) is 54.1 Å². The van der Waals surface area contributed by atoms with Crippen molar-refractivity contribution in [3.8, 4) is 11.3 Å². The first-order valence-electron chi connectivity index (χ1n) is 11.5. The summed E-state index contributed by atoms with van der Waals surface area (Å²) in [5.74, 6) is -0.0408. The van der Waals surface area contributed by atoms with E-state index in [2.05, 4.69) is 25.1 Å². The van der Waals surface area contributed by atoms with Crippen LogP contribution in [0.25, 0.3) is 22.4 Å². The average Bonchev–Trinajstić information content (AvgIpc) is 3.51. The summed E-state index contributed by atoms with van der Waals surface area (Å²) in [6.45, 7) is 2.84. The molecule has 0 atom stereocenters. The van der Waals surface area contributed by atoms with Gasteiger partial charge in [-0.15, -0.1) is 0 Å². The highest BCUT2D eigenvalue weighted by molar-refractivity contribution is 5.77. The van der Waals surface area contributed by atoms with E-state index in [9.17, 15) is 27.6 Å². The molecule has 0 saturated heterocycles. The van der Waals surface area contributed by atoms with Gasteiger partial charge in [0.2, 0.25) is 5.91 Å². The molecule has 0 unspecified atom stereocenters. The average molecular weight is 557 g/mol. The minimum Gasteiger partial charge on any atom is -0.368 e. The Morgan fingerprint density at radius 1 is 1.07 bits per heavy atom. The van der Waals surface area contributed by atoms with Crippen molar-refractivity contribution in [2.24, 2.45) is 12.8 Å². The zero-order valence-electron chi connectivity index (χ0n) is 21.4. The third-order valence-corrected chi connectivity index (χ3v) is 5.63. The van der Waals surface area contributed by atoms with E-state index < -0.39 is 29.0 Å². The Labute approximate surface area is 222 Å². The van der Waals surface area contributed by atoms with Gasteiger partial charge in [-0.3, -0.25) is 33.7 Å². The number of primary amides is 1. The quantitative estimate of drug-likeness (QED) is 0.337. The van der Waals surface area contributed by atoms with Crippen LogP contribution in [0, 0.1) is 13.8 Å². The summed E-state index contributed by atoms with van der Waals surface area (Å²) in [5, 5.41) is 3.78. The van der Waals surface area contributed by atoms with Crippen molar-refractivity contribution in [2.75, 3.05) is 0 Å². The van der Waals surface area contributed by atoms with E-state index in [4.69, 9.17) is 10.3 Å². The largest absolute Gasteiger partial charge is 0.433 e. The molecule has 1 amide bonds. The van der Waals surface area contributed by atoms with Crippen LogP contribution in [0.2, 0.25) is 0 Å². The number of rotatable bonds is 5. The standard InChI is InChI=1S/C13H14N6O4.C11H8F3N3/c1-7-3-8(16-23-7)4-19-12(21)10-11(17(2)13(19)22)15-6-18(10)5-9(14)20;1-7-4-8(9-6-15-2-3-16-9)5-17-10(7)11(12,13)14/h3,6H,4-5H2,1-2H3,(H2,14,20);2-6H,1H3. The highest BCUT2D eigenvalue weighted by Gasteiger charge is 2.34. The van der Waals surface area contributed by atoms with Crippen molar-refractivity contribution in [3.05, 3.63) is 86.8 Å². The van der Waals surface area contributed by atoms with Gasteiger partial charge in [-0.25, -0.2) is 9.78 Å². The first-order chi connectivity index (χ1) is 18.9. The van der Waals surface area contributed by atoms with Crippen molar-refractivity contribution in [1.29, 1.82) is 0 Å². The van der Waals surface area contributed by atoms with E-state index >= 15 is 0 Å². The van der Waals surface area contributed by atoms with E-state index in [1.807, 2.05) is 0 Å². The molecular formula is C24H22F3N9O4. The predicted octanol–water partition coefficient (Wildman–Crippen LogP) is 1.59. The Hall–Kier alpha value is -5.15. The summed E-state index contributed by atoms with van der Waals surface area (Å²) in [6.07, 6.45) is 2.48. The second-order valence-electron chi connectivity index (χ2n) is 8.65. The second-order valence-corrected chi connectivity index (χ2v) is 8.65. The molecule has 5 rings (SSSR count). The molecule has 5 aromatic rings. The molecule has 0 fully saturated rings. The molecule has 5 aromatic heterocycles. The van der Waals surface area contributed by atoms with Crippen LogP contribution >= 0.6 is 0 Å². The van der Waals surface area contributed by atoms with E-state index in [0.717, 1.165) is 10.8 Å². The van der Waals surface area contributed by atoms with Gasteiger partial charge in [-0.1, -0.05) is 5.16 Å². The molecule has 0 bridgehead atoms. The molecule has 0 aliphatic heterocycles. The van der Waals surface area contributed by atoms with Crippen LogP contribution in [0.3, 0.4) is 0 Å². The van der Waals surface area contributed by atoms with Gasteiger partial charge in [0, 0.05) is 37.3 Å². The maximum atomic E-state index is 12.7. The first-order valence-corrected chi connectivity index (χ1v) is 11.5. The number of imidazole rings is 1. The van der Waals surface area contributed by atoms with Gasteiger partial charge in [0.25, 0.3) is 5.56 Å². The summed E-state index contributed by atoms with van der Waals surface area (Å²) < 4.78 is 46.0.